The molecule has 1 saturated carbocycles. The van der Waals surface area contributed by atoms with E-state index >= 15 is 0 Å². The first kappa shape index (κ1) is 15.3. The molecule has 0 saturated heterocycles. The number of aliphatic hydroxyl groups is 1. The largest absolute Gasteiger partial charge is 0.394 e. The van der Waals surface area contributed by atoms with Crippen molar-refractivity contribution in [2.24, 2.45) is 5.92 Å². The van der Waals surface area contributed by atoms with Crippen LogP contribution in [0.15, 0.2) is 0 Å². The van der Waals surface area contributed by atoms with E-state index in [2.05, 4.69) is 10.6 Å². The number of hydrogen-bond acceptors (Lipinski definition) is 2. The van der Waals surface area contributed by atoms with Gasteiger partial charge in [0.1, 0.15) is 0 Å². The summed E-state index contributed by atoms with van der Waals surface area (Å²) in [5.41, 5.74) is 0. The first-order chi connectivity index (χ1) is 8.61. The molecule has 0 heterocycles. The van der Waals surface area contributed by atoms with Crippen LogP contribution in [-0.4, -0.2) is 29.8 Å². The van der Waals surface area contributed by atoms with Crippen molar-refractivity contribution >= 4 is 6.03 Å². The van der Waals surface area contributed by atoms with Crippen molar-refractivity contribution in [3.05, 3.63) is 0 Å². The highest BCUT2D eigenvalue weighted by Crippen LogP contribution is 2.27. The van der Waals surface area contributed by atoms with Crippen LogP contribution in [0.25, 0.3) is 0 Å². The Morgan fingerprint density at radius 3 is 2.39 bits per heavy atom. The Bertz CT molecular complexity index is 240. The van der Waals surface area contributed by atoms with Crippen molar-refractivity contribution in [3.63, 3.8) is 0 Å². The first-order valence-electron chi connectivity index (χ1n) is 7.29. The van der Waals surface area contributed by atoms with Gasteiger partial charge in [-0.15, -0.1) is 0 Å². The van der Waals surface area contributed by atoms with E-state index in [4.69, 9.17) is 5.11 Å². The SMILES string of the molecule is CC(CO)NC(=O)NC(C)CCC1CCCCC1. The molecule has 2 atom stereocenters. The second-order valence-corrected chi connectivity index (χ2v) is 5.68. The van der Waals surface area contributed by atoms with E-state index in [1.807, 2.05) is 6.92 Å². The molecule has 106 valence electrons. The topological polar surface area (TPSA) is 61.4 Å². The maximum atomic E-state index is 11.5. The van der Waals surface area contributed by atoms with Gasteiger partial charge in [0.15, 0.2) is 0 Å². The minimum absolute atomic E-state index is 0.0239. The average Bonchev–Trinajstić information content (AvgIpc) is 2.37. The number of carbonyl (C=O) groups is 1. The molecule has 1 rings (SSSR count). The third kappa shape index (κ3) is 6.24. The molecule has 3 N–H and O–H groups in total. The van der Waals surface area contributed by atoms with Gasteiger partial charge in [0.2, 0.25) is 0 Å². The van der Waals surface area contributed by atoms with Gasteiger partial charge in [0, 0.05) is 6.04 Å². The highest BCUT2D eigenvalue weighted by atomic mass is 16.3. The summed E-state index contributed by atoms with van der Waals surface area (Å²) in [6.07, 6.45) is 9.14. The molecule has 0 aromatic rings. The van der Waals surface area contributed by atoms with Crippen molar-refractivity contribution in [3.8, 4) is 0 Å². The fourth-order valence-electron chi connectivity index (χ4n) is 2.57. The molecular weight excluding hydrogens is 228 g/mol. The van der Waals surface area contributed by atoms with Crippen molar-refractivity contribution < 1.29 is 9.90 Å². The van der Waals surface area contributed by atoms with Crippen LogP contribution in [0.5, 0.6) is 0 Å². The Morgan fingerprint density at radius 2 is 1.78 bits per heavy atom. The molecule has 1 fully saturated rings. The fourth-order valence-corrected chi connectivity index (χ4v) is 2.57. The van der Waals surface area contributed by atoms with E-state index in [0.29, 0.717) is 0 Å². The molecule has 2 unspecified atom stereocenters. The maximum absolute atomic E-state index is 11.5. The molecule has 0 aromatic heterocycles. The predicted octanol–water partition coefficient (Wildman–Crippen LogP) is 2.42. The third-order valence-electron chi connectivity index (χ3n) is 3.76. The standard InChI is InChI=1S/C14H28N2O2/c1-11(15-14(18)16-12(2)10-17)8-9-13-6-4-3-5-7-13/h11-13,17H,3-10H2,1-2H3,(H2,15,16,18). The zero-order valence-corrected chi connectivity index (χ0v) is 11.7. The Labute approximate surface area is 111 Å². The lowest BCUT2D eigenvalue weighted by atomic mass is 9.85. The van der Waals surface area contributed by atoms with E-state index in [9.17, 15) is 4.79 Å². The first-order valence-corrected chi connectivity index (χ1v) is 7.29. The highest BCUT2D eigenvalue weighted by Gasteiger charge is 2.15. The molecular formula is C14H28N2O2. The van der Waals surface area contributed by atoms with Gasteiger partial charge in [-0.3, -0.25) is 0 Å². The van der Waals surface area contributed by atoms with Crippen molar-refractivity contribution in [2.45, 2.75) is 70.9 Å². The quantitative estimate of drug-likeness (QED) is 0.683. The van der Waals surface area contributed by atoms with Crippen LogP contribution >= 0.6 is 0 Å². The lowest BCUT2D eigenvalue weighted by Crippen LogP contribution is -2.45. The lowest BCUT2D eigenvalue weighted by Gasteiger charge is -2.23. The van der Waals surface area contributed by atoms with Gasteiger partial charge in [-0.25, -0.2) is 4.79 Å². The van der Waals surface area contributed by atoms with Gasteiger partial charge >= 0.3 is 6.03 Å². The summed E-state index contributed by atoms with van der Waals surface area (Å²) in [6.45, 7) is 3.81. The number of carbonyl (C=O) groups excluding carboxylic acids is 1. The molecule has 1 aliphatic carbocycles. The number of aliphatic hydroxyl groups excluding tert-OH is 1. The second kappa shape index (κ2) is 8.35. The van der Waals surface area contributed by atoms with Crippen LogP contribution in [0.3, 0.4) is 0 Å². The molecule has 0 radical (unpaired) electrons. The Hall–Kier alpha value is -0.770. The molecule has 2 amide bonds. The molecule has 4 heteroatoms. The summed E-state index contributed by atoms with van der Waals surface area (Å²) in [7, 11) is 0. The maximum Gasteiger partial charge on any atom is 0.315 e. The van der Waals surface area contributed by atoms with E-state index in [1.165, 1.54) is 38.5 Å². The summed E-state index contributed by atoms with van der Waals surface area (Å²) in [5, 5.41) is 14.5. The van der Waals surface area contributed by atoms with Gasteiger partial charge in [-0.1, -0.05) is 32.1 Å². The second-order valence-electron chi connectivity index (χ2n) is 5.68. The average molecular weight is 256 g/mol. The zero-order valence-electron chi connectivity index (χ0n) is 11.7. The van der Waals surface area contributed by atoms with E-state index < -0.39 is 0 Å². The summed E-state index contributed by atoms with van der Waals surface area (Å²) in [6, 6.07) is -0.152. The summed E-state index contributed by atoms with van der Waals surface area (Å²) < 4.78 is 0. The third-order valence-corrected chi connectivity index (χ3v) is 3.76. The van der Waals surface area contributed by atoms with Crippen LogP contribution < -0.4 is 10.6 Å². The number of rotatable bonds is 6. The van der Waals surface area contributed by atoms with Gasteiger partial charge in [0.05, 0.1) is 12.6 Å². The van der Waals surface area contributed by atoms with Gasteiger partial charge in [-0.05, 0) is 32.6 Å². The molecule has 1 aliphatic rings. The normalized spacial score (nSPS) is 20.2. The van der Waals surface area contributed by atoms with Gasteiger partial charge in [-0.2, -0.15) is 0 Å². The fraction of sp³-hybridized carbons (Fsp3) is 0.929. The van der Waals surface area contributed by atoms with Crippen LogP contribution in [0.4, 0.5) is 4.79 Å². The van der Waals surface area contributed by atoms with Crippen molar-refractivity contribution in [1.29, 1.82) is 0 Å². The number of nitrogens with one attached hydrogen (secondary N) is 2. The van der Waals surface area contributed by atoms with Crippen molar-refractivity contribution in [1.82, 2.24) is 10.6 Å². The molecule has 0 bridgehead atoms. The van der Waals surface area contributed by atoms with Crippen molar-refractivity contribution in [2.75, 3.05) is 6.61 Å². The molecule has 0 aliphatic heterocycles. The molecule has 0 spiro atoms. The Kier molecular flexibility index (Phi) is 7.09. The van der Waals surface area contributed by atoms with Crippen LogP contribution in [0.1, 0.15) is 58.8 Å². The van der Waals surface area contributed by atoms with Crippen LogP contribution in [-0.2, 0) is 0 Å². The molecule has 18 heavy (non-hydrogen) atoms. The summed E-state index contributed by atoms with van der Waals surface area (Å²) >= 11 is 0. The minimum atomic E-state index is -0.185. The monoisotopic (exact) mass is 256 g/mol. The van der Waals surface area contributed by atoms with Gasteiger partial charge < -0.3 is 15.7 Å². The summed E-state index contributed by atoms with van der Waals surface area (Å²) in [4.78, 5) is 11.5. The molecule has 4 nitrogen and oxygen atoms in total. The zero-order chi connectivity index (χ0) is 13.4. The number of hydrogen-bond donors (Lipinski definition) is 3. The number of amides is 2. The smallest absolute Gasteiger partial charge is 0.315 e. The predicted molar refractivity (Wildman–Crippen MR) is 73.5 cm³/mol. The Balaban J connectivity index is 2.12. The van der Waals surface area contributed by atoms with E-state index in [1.54, 1.807) is 6.92 Å². The van der Waals surface area contributed by atoms with Crippen LogP contribution in [0.2, 0.25) is 0 Å². The summed E-state index contributed by atoms with van der Waals surface area (Å²) in [5.74, 6) is 0.863. The van der Waals surface area contributed by atoms with E-state index in [-0.39, 0.29) is 24.7 Å². The lowest BCUT2D eigenvalue weighted by molar-refractivity contribution is 0.216. The minimum Gasteiger partial charge on any atom is -0.394 e. The molecule has 0 aromatic carbocycles. The van der Waals surface area contributed by atoms with Gasteiger partial charge in [0.25, 0.3) is 0 Å². The number of urea groups is 1. The van der Waals surface area contributed by atoms with E-state index in [0.717, 1.165) is 12.3 Å². The Morgan fingerprint density at radius 1 is 1.17 bits per heavy atom. The van der Waals surface area contributed by atoms with Crippen LogP contribution in [0, 0.1) is 5.92 Å². The highest BCUT2D eigenvalue weighted by molar-refractivity contribution is 5.74.